The van der Waals surface area contributed by atoms with Crippen molar-refractivity contribution in [1.29, 1.82) is 0 Å². The van der Waals surface area contributed by atoms with Gasteiger partial charge in [-0.25, -0.2) is 14.1 Å². The van der Waals surface area contributed by atoms with Gasteiger partial charge in [0.05, 0.1) is 19.5 Å². The Kier molecular flexibility index (Phi) is 8.60. The van der Waals surface area contributed by atoms with E-state index in [1.54, 1.807) is 0 Å². The number of aromatic nitrogens is 4. The minimum atomic E-state index is -5.60. The predicted molar refractivity (Wildman–Crippen MR) is 120 cm³/mol. The number of aromatic amines is 1. The molecule has 0 bridgehead atoms. The molecule has 4 rings (SSSR count). The van der Waals surface area contributed by atoms with Crippen LogP contribution in [-0.2, 0) is 32.0 Å². The number of hydrogen-bond donors (Lipinski definition) is 10. The molecule has 2 aromatic heterocycles. The Morgan fingerprint density at radius 3 is 2.33 bits per heavy atom. The molecule has 220 valence electrons. The number of phosphoric ester groups is 2. The van der Waals surface area contributed by atoms with Gasteiger partial charge in [0, 0.05) is 0 Å². The molecular weight excluding hydrogens is 580 g/mol. The normalized spacial score (nSPS) is 36.6. The number of imidazole rings is 1. The molecule has 2 aromatic rings. The Labute approximate surface area is 216 Å². The van der Waals surface area contributed by atoms with E-state index >= 15 is 0 Å². The predicted octanol–water partition coefficient (Wildman–Crippen LogP) is -4.63. The lowest BCUT2D eigenvalue weighted by atomic mass is 10.00. The number of aliphatic hydroxyl groups excluding tert-OH is 6. The number of hydrogen-bond acceptors (Lipinski definition) is 17. The number of nitrogens with one attached hydrogen (secondary N) is 1. The fourth-order valence-corrected chi connectivity index (χ4v) is 6.01. The van der Waals surface area contributed by atoms with E-state index in [9.17, 15) is 49.2 Å². The van der Waals surface area contributed by atoms with Crippen LogP contribution in [0.4, 0.5) is 5.95 Å². The number of rotatable bonds is 9. The van der Waals surface area contributed by atoms with E-state index in [0.717, 1.165) is 10.9 Å². The van der Waals surface area contributed by atoms with Gasteiger partial charge in [0.1, 0.15) is 42.7 Å². The van der Waals surface area contributed by atoms with Crippen molar-refractivity contribution in [2.24, 2.45) is 0 Å². The van der Waals surface area contributed by atoms with E-state index in [1.807, 2.05) is 0 Å². The first-order valence-corrected chi connectivity index (χ1v) is 13.9. The van der Waals surface area contributed by atoms with Crippen molar-refractivity contribution in [3.63, 3.8) is 0 Å². The van der Waals surface area contributed by atoms with Crippen molar-refractivity contribution < 1.29 is 72.4 Å². The summed E-state index contributed by atoms with van der Waals surface area (Å²) in [7, 11) is -11.1. The van der Waals surface area contributed by atoms with Crippen LogP contribution in [0, 0.1) is 0 Å². The van der Waals surface area contributed by atoms with Gasteiger partial charge in [0.25, 0.3) is 5.56 Å². The number of H-pyrrole nitrogens is 1. The number of ether oxygens (including phenoxy) is 2. The summed E-state index contributed by atoms with van der Waals surface area (Å²) >= 11 is 0. The van der Waals surface area contributed by atoms with E-state index in [4.69, 9.17) is 20.3 Å². The van der Waals surface area contributed by atoms with Crippen molar-refractivity contribution in [3.8, 4) is 0 Å². The fraction of sp³-hybridized carbons (Fsp3) is 0.688. The molecule has 21 nitrogen and oxygen atoms in total. The second-order valence-corrected chi connectivity index (χ2v) is 11.4. The minimum Gasteiger partial charge on any atom is -0.394 e. The molecule has 0 spiro atoms. The molecule has 11 atom stereocenters. The molecule has 2 saturated heterocycles. The van der Waals surface area contributed by atoms with Gasteiger partial charge in [0.15, 0.2) is 23.7 Å². The molecule has 11 N–H and O–H groups in total. The molecule has 0 saturated carbocycles. The van der Waals surface area contributed by atoms with Gasteiger partial charge in [-0.05, 0) is 0 Å². The maximum atomic E-state index is 12.3. The number of nitrogens with zero attached hydrogens (tertiary/aromatic N) is 3. The highest BCUT2D eigenvalue weighted by molar-refractivity contribution is 7.61. The first-order valence-electron chi connectivity index (χ1n) is 10.9. The van der Waals surface area contributed by atoms with Crippen LogP contribution in [0.5, 0.6) is 0 Å². The number of aliphatic hydroxyl groups is 6. The van der Waals surface area contributed by atoms with E-state index < -0.39 is 89.7 Å². The third-order valence-electron chi connectivity index (χ3n) is 5.76. The smallest absolute Gasteiger partial charge is 0.394 e. The van der Waals surface area contributed by atoms with E-state index in [2.05, 4.69) is 28.3 Å². The molecule has 2 fully saturated rings. The largest absolute Gasteiger partial charge is 0.483 e. The van der Waals surface area contributed by atoms with Crippen LogP contribution in [0.15, 0.2) is 11.1 Å². The van der Waals surface area contributed by atoms with Crippen LogP contribution in [0.3, 0.4) is 0 Å². The lowest BCUT2D eigenvalue weighted by molar-refractivity contribution is -0.280. The third kappa shape index (κ3) is 6.22. The second-order valence-electron chi connectivity index (χ2n) is 8.44. The van der Waals surface area contributed by atoms with Crippen molar-refractivity contribution in [1.82, 2.24) is 19.5 Å². The summed E-state index contributed by atoms with van der Waals surface area (Å²) in [4.78, 5) is 41.7. The first-order chi connectivity index (χ1) is 18.1. The molecule has 0 aromatic carbocycles. The molecule has 23 heteroatoms. The molecule has 39 heavy (non-hydrogen) atoms. The highest BCUT2D eigenvalue weighted by Gasteiger charge is 2.49. The highest BCUT2D eigenvalue weighted by atomic mass is 31.3. The molecule has 0 amide bonds. The summed E-state index contributed by atoms with van der Waals surface area (Å²) in [6.07, 6.45) is -15.0. The fourth-order valence-electron chi connectivity index (χ4n) is 3.85. The van der Waals surface area contributed by atoms with Gasteiger partial charge in [-0.15, -0.1) is 0 Å². The SMILES string of the molecule is Nc1nc2c(ncn2[C@@H]2O[C@H](COP(=O)(O)OP(=O)(O)OC3O[C@H](CO)[C@H](O)[C@H](O)[C@H]3O)[C@@H](O)[C@H]2O)c(=O)[nH]1. The zero-order valence-corrected chi connectivity index (χ0v) is 21.1. The highest BCUT2D eigenvalue weighted by Crippen LogP contribution is 2.61. The van der Waals surface area contributed by atoms with Gasteiger partial charge in [-0.3, -0.25) is 23.4 Å². The molecule has 0 radical (unpaired) electrons. The maximum Gasteiger partial charge on any atom is 0.483 e. The summed E-state index contributed by atoms with van der Waals surface area (Å²) in [5.41, 5.74) is 4.54. The quantitative estimate of drug-likeness (QED) is 0.120. The van der Waals surface area contributed by atoms with Crippen molar-refractivity contribution in [2.75, 3.05) is 18.9 Å². The topological polar surface area (TPSA) is 332 Å². The van der Waals surface area contributed by atoms with Gasteiger partial charge in [-0.1, -0.05) is 0 Å². The first kappa shape index (κ1) is 30.1. The summed E-state index contributed by atoms with van der Waals surface area (Å²) in [6, 6.07) is 0. The monoisotopic (exact) mass is 605 g/mol. The van der Waals surface area contributed by atoms with Gasteiger partial charge in [0.2, 0.25) is 5.95 Å². The third-order valence-corrected chi connectivity index (χ3v) is 8.36. The number of anilines is 1. The summed E-state index contributed by atoms with van der Waals surface area (Å²) in [5, 5.41) is 59.2. The zero-order chi connectivity index (χ0) is 28.9. The number of phosphoric acid groups is 2. The van der Waals surface area contributed by atoms with Crippen molar-refractivity contribution in [3.05, 3.63) is 16.7 Å². The summed E-state index contributed by atoms with van der Waals surface area (Å²) in [6.45, 7) is -1.89. The van der Waals surface area contributed by atoms with E-state index in [-0.39, 0.29) is 17.1 Å². The van der Waals surface area contributed by atoms with Crippen LogP contribution in [0.1, 0.15) is 6.23 Å². The second kappa shape index (κ2) is 11.2. The van der Waals surface area contributed by atoms with Crippen molar-refractivity contribution >= 4 is 32.8 Å². The molecule has 2 aliphatic rings. The lowest BCUT2D eigenvalue weighted by Gasteiger charge is -2.39. The van der Waals surface area contributed by atoms with Gasteiger partial charge in [-0.2, -0.15) is 9.29 Å². The van der Waals surface area contributed by atoms with Crippen LogP contribution in [0.2, 0.25) is 0 Å². The number of fused-ring (bicyclic) bond motifs is 1. The zero-order valence-electron chi connectivity index (χ0n) is 19.3. The van der Waals surface area contributed by atoms with Crippen LogP contribution in [-0.4, -0.2) is 122 Å². The van der Waals surface area contributed by atoms with Crippen LogP contribution < -0.4 is 11.3 Å². The molecule has 4 heterocycles. The van der Waals surface area contributed by atoms with Gasteiger partial charge >= 0.3 is 15.6 Å². The number of nitrogen functional groups attached to an aromatic ring is 1. The Hall–Kier alpha value is -1.91. The summed E-state index contributed by atoms with van der Waals surface area (Å²) < 4.78 is 49.1. The summed E-state index contributed by atoms with van der Waals surface area (Å²) in [5.74, 6) is -0.278. The molecule has 0 aliphatic carbocycles. The Balaban J connectivity index is 1.39. The Morgan fingerprint density at radius 2 is 1.67 bits per heavy atom. The molecule has 3 unspecified atom stereocenters. The van der Waals surface area contributed by atoms with E-state index in [0.29, 0.717) is 0 Å². The van der Waals surface area contributed by atoms with Gasteiger partial charge < -0.3 is 55.6 Å². The average molecular weight is 605 g/mol. The molecular formula is C16H25N5O16P2. The Bertz CT molecular complexity index is 1340. The standard InChI is InChI=1S/C16H25N5O16P2/c17-16-19-12-6(13(28)20-16)18-3-21(12)14-10(26)8(24)5(34-14)2-33-38(29,30)37-39(31,32)36-15-11(27)9(25)7(23)4(1-22)35-15/h3-5,7-11,14-15,22-27H,1-2H2,(H,29,30)(H,31,32)(H3,17,19,20,28)/t4-,5-,7+,8-,9+,10-,11-,14-,15?/m1/s1. The van der Waals surface area contributed by atoms with Crippen molar-refractivity contribution in [2.45, 2.75) is 55.2 Å². The average Bonchev–Trinajstić information content (AvgIpc) is 3.38. The van der Waals surface area contributed by atoms with Crippen LogP contribution >= 0.6 is 15.6 Å². The van der Waals surface area contributed by atoms with Crippen LogP contribution in [0.25, 0.3) is 11.2 Å². The molecule has 2 aliphatic heterocycles. The lowest BCUT2D eigenvalue weighted by Crippen LogP contribution is -2.58. The Morgan fingerprint density at radius 1 is 1.00 bits per heavy atom. The minimum absolute atomic E-state index is 0.114. The maximum absolute atomic E-state index is 12.3. The van der Waals surface area contributed by atoms with E-state index in [1.165, 1.54) is 0 Å². The number of nitrogens with two attached hydrogens (primary N) is 1.